The smallest absolute Gasteiger partial charge is 0.254 e. The van der Waals surface area contributed by atoms with E-state index in [9.17, 15) is 9.18 Å². The zero-order chi connectivity index (χ0) is 15.4. The molecule has 21 heavy (non-hydrogen) atoms. The predicted octanol–water partition coefficient (Wildman–Crippen LogP) is 2.44. The summed E-state index contributed by atoms with van der Waals surface area (Å²) in [7, 11) is 1.41. The Morgan fingerprint density at radius 3 is 2.76 bits per heavy atom. The summed E-state index contributed by atoms with van der Waals surface area (Å²) in [5.74, 6) is -0.452. The first-order valence-corrected chi connectivity index (χ1v) is 7.48. The fourth-order valence-electron chi connectivity index (χ4n) is 2.72. The van der Waals surface area contributed by atoms with Crippen LogP contribution >= 0.6 is 0 Å². The van der Waals surface area contributed by atoms with Crippen molar-refractivity contribution < 1.29 is 13.9 Å². The van der Waals surface area contributed by atoms with Crippen molar-refractivity contribution in [2.45, 2.75) is 38.8 Å². The first-order chi connectivity index (χ1) is 10.1. The third-order valence-electron chi connectivity index (χ3n) is 4.12. The van der Waals surface area contributed by atoms with E-state index in [0.29, 0.717) is 18.2 Å². The largest absolute Gasteiger partial charge is 0.494 e. The van der Waals surface area contributed by atoms with Crippen molar-refractivity contribution in [3.05, 3.63) is 29.6 Å². The number of hydrogen-bond acceptors (Lipinski definition) is 3. The van der Waals surface area contributed by atoms with Crippen molar-refractivity contribution in [2.75, 3.05) is 20.2 Å². The molecule has 4 nitrogen and oxygen atoms in total. The summed E-state index contributed by atoms with van der Waals surface area (Å²) in [5, 5.41) is 3.45. The van der Waals surface area contributed by atoms with Crippen molar-refractivity contribution in [1.82, 2.24) is 10.2 Å². The molecule has 1 fully saturated rings. The summed E-state index contributed by atoms with van der Waals surface area (Å²) in [6.45, 7) is 5.62. The number of amides is 1. The zero-order valence-electron chi connectivity index (χ0n) is 12.9. The molecule has 0 saturated carbocycles. The van der Waals surface area contributed by atoms with E-state index in [2.05, 4.69) is 19.2 Å². The molecule has 5 heteroatoms. The summed E-state index contributed by atoms with van der Waals surface area (Å²) >= 11 is 0. The molecular formula is C16H23FN2O2. The number of ether oxygens (including phenoxy) is 1. The van der Waals surface area contributed by atoms with Crippen LogP contribution in [0.25, 0.3) is 0 Å². The Labute approximate surface area is 125 Å². The summed E-state index contributed by atoms with van der Waals surface area (Å²) < 4.78 is 18.7. The van der Waals surface area contributed by atoms with Crippen LogP contribution < -0.4 is 10.1 Å². The topological polar surface area (TPSA) is 41.6 Å². The van der Waals surface area contributed by atoms with Crippen LogP contribution in [0, 0.1) is 5.82 Å². The van der Waals surface area contributed by atoms with Crippen LogP contribution in [0.15, 0.2) is 18.2 Å². The SMILES string of the molecule is CCC1CN(C(=O)c2ccc(OC)c(F)c2)C(CC)CN1. The van der Waals surface area contributed by atoms with Crippen LogP contribution in [0.4, 0.5) is 4.39 Å². The van der Waals surface area contributed by atoms with E-state index in [1.54, 1.807) is 6.07 Å². The lowest BCUT2D eigenvalue weighted by Crippen LogP contribution is -2.57. The number of hydrogen-bond donors (Lipinski definition) is 1. The van der Waals surface area contributed by atoms with Crippen molar-refractivity contribution in [3.8, 4) is 5.75 Å². The highest BCUT2D eigenvalue weighted by molar-refractivity contribution is 5.94. The maximum atomic E-state index is 13.8. The number of nitrogens with one attached hydrogen (secondary N) is 1. The molecule has 1 aromatic rings. The van der Waals surface area contributed by atoms with E-state index in [0.717, 1.165) is 19.4 Å². The normalized spacial score (nSPS) is 22.2. The average Bonchev–Trinajstić information content (AvgIpc) is 2.53. The van der Waals surface area contributed by atoms with Crippen LogP contribution in [-0.4, -0.2) is 43.1 Å². The first-order valence-electron chi connectivity index (χ1n) is 7.48. The fourth-order valence-corrected chi connectivity index (χ4v) is 2.72. The van der Waals surface area contributed by atoms with Gasteiger partial charge in [-0.3, -0.25) is 4.79 Å². The molecule has 0 bridgehead atoms. The van der Waals surface area contributed by atoms with Gasteiger partial charge in [0.1, 0.15) is 0 Å². The Morgan fingerprint density at radius 1 is 1.43 bits per heavy atom. The Bertz CT molecular complexity index is 507. The molecule has 2 rings (SSSR count). The number of carbonyl (C=O) groups is 1. The van der Waals surface area contributed by atoms with Crippen molar-refractivity contribution in [2.24, 2.45) is 0 Å². The first kappa shape index (κ1) is 15.8. The highest BCUT2D eigenvalue weighted by Gasteiger charge is 2.30. The summed E-state index contributed by atoms with van der Waals surface area (Å²) in [6.07, 6.45) is 1.85. The number of benzene rings is 1. The summed E-state index contributed by atoms with van der Waals surface area (Å²) in [4.78, 5) is 14.5. The van der Waals surface area contributed by atoms with Crippen LogP contribution in [0.1, 0.15) is 37.0 Å². The molecule has 0 aliphatic carbocycles. The third-order valence-corrected chi connectivity index (χ3v) is 4.12. The molecule has 1 N–H and O–H groups in total. The van der Waals surface area contributed by atoms with Crippen molar-refractivity contribution in [3.63, 3.8) is 0 Å². The third kappa shape index (κ3) is 3.35. The number of piperazine rings is 1. The summed E-state index contributed by atoms with van der Waals surface area (Å²) in [5.41, 5.74) is 0.378. The standard InChI is InChI=1S/C16H23FN2O2/c1-4-12-10-19(13(5-2)9-18-12)16(20)11-6-7-15(21-3)14(17)8-11/h6-8,12-13,18H,4-5,9-10H2,1-3H3. The minimum atomic E-state index is -0.501. The Hall–Kier alpha value is -1.62. The van der Waals surface area contributed by atoms with Gasteiger partial charge in [-0.05, 0) is 31.0 Å². The molecule has 1 saturated heterocycles. The van der Waals surface area contributed by atoms with Gasteiger partial charge in [-0.15, -0.1) is 0 Å². The van der Waals surface area contributed by atoms with Crippen LogP contribution in [-0.2, 0) is 0 Å². The minimum absolute atomic E-state index is 0.108. The van der Waals surface area contributed by atoms with Gasteiger partial charge in [-0.1, -0.05) is 13.8 Å². The summed E-state index contributed by atoms with van der Waals surface area (Å²) in [6, 6.07) is 4.85. The molecule has 1 heterocycles. The van der Waals surface area contributed by atoms with E-state index in [-0.39, 0.29) is 17.7 Å². The lowest BCUT2D eigenvalue weighted by Gasteiger charge is -2.40. The second-order valence-electron chi connectivity index (χ2n) is 5.38. The van der Waals surface area contributed by atoms with Crippen molar-refractivity contribution in [1.29, 1.82) is 0 Å². The lowest BCUT2D eigenvalue weighted by atomic mass is 10.0. The second kappa shape index (κ2) is 6.89. The van der Waals surface area contributed by atoms with E-state index >= 15 is 0 Å². The molecule has 2 atom stereocenters. The molecule has 1 aromatic carbocycles. The van der Waals surface area contributed by atoms with Crippen molar-refractivity contribution >= 4 is 5.91 Å². The molecular weight excluding hydrogens is 271 g/mol. The molecule has 1 aliphatic heterocycles. The average molecular weight is 294 g/mol. The maximum absolute atomic E-state index is 13.8. The monoisotopic (exact) mass is 294 g/mol. The molecule has 0 spiro atoms. The Kier molecular flexibility index (Phi) is 5.17. The van der Waals surface area contributed by atoms with E-state index in [1.807, 2.05) is 4.90 Å². The predicted molar refractivity (Wildman–Crippen MR) is 80.1 cm³/mol. The van der Waals surface area contributed by atoms with Gasteiger partial charge in [-0.25, -0.2) is 4.39 Å². The van der Waals surface area contributed by atoms with E-state index in [4.69, 9.17) is 4.74 Å². The zero-order valence-corrected chi connectivity index (χ0v) is 12.9. The molecule has 0 aromatic heterocycles. The number of methoxy groups -OCH3 is 1. The van der Waals surface area contributed by atoms with Crippen LogP contribution in [0.2, 0.25) is 0 Å². The van der Waals surface area contributed by atoms with Gasteiger partial charge in [0.25, 0.3) is 5.91 Å². The highest BCUT2D eigenvalue weighted by Crippen LogP contribution is 2.21. The van der Waals surface area contributed by atoms with E-state index < -0.39 is 5.82 Å². The number of rotatable bonds is 4. The van der Waals surface area contributed by atoms with Crippen LogP contribution in [0.5, 0.6) is 5.75 Å². The van der Waals surface area contributed by atoms with Gasteiger partial charge in [0.15, 0.2) is 11.6 Å². The van der Waals surface area contributed by atoms with Gasteiger partial charge in [-0.2, -0.15) is 0 Å². The molecule has 1 aliphatic rings. The van der Waals surface area contributed by atoms with Gasteiger partial charge in [0, 0.05) is 30.7 Å². The lowest BCUT2D eigenvalue weighted by molar-refractivity contribution is 0.0575. The molecule has 1 amide bonds. The molecule has 2 unspecified atom stereocenters. The quantitative estimate of drug-likeness (QED) is 0.927. The van der Waals surface area contributed by atoms with E-state index in [1.165, 1.54) is 19.2 Å². The Morgan fingerprint density at radius 2 is 2.19 bits per heavy atom. The highest BCUT2D eigenvalue weighted by atomic mass is 19.1. The number of nitrogens with zero attached hydrogens (tertiary/aromatic N) is 1. The second-order valence-corrected chi connectivity index (χ2v) is 5.38. The Balaban J connectivity index is 2.21. The fraction of sp³-hybridized carbons (Fsp3) is 0.562. The number of carbonyl (C=O) groups excluding carboxylic acids is 1. The minimum Gasteiger partial charge on any atom is -0.494 e. The van der Waals surface area contributed by atoms with Gasteiger partial charge in [0.05, 0.1) is 7.11 Å². The van der Waals surface area contributed by atoms with Gasteiger partial charge >= 0.3 is 0 Å². The molecule has 0 radical (unpaired) electrons. The van der Waals surface area contributed by atoms with Gasteiger partial charge < -0.3 is 15.0 Å². The maximum Gasteiger partial charge on any atom is 0.254 e. The number of halogens is 1. The molecule has 116 valence electrons. The van der Waals surface area contributed by atoms with Crippen LogP contribution in [0.3, 0.4) is 0 Å². The van der Waals surface area contributed by atoms with Gasteiger partial charge in [0.2, 0.25) is 0 Å².